The van der Waals surface area contributed by atoms with E-state index < -0.39 is 0 Å². The highest BCUT2D eigenvalue weighted by molar-refractivity contribution is 5.76. The van der Waals surface area contributed by atoms with Crippen molar-refractivity contribution in [2.45, 2.75) is 32.7 Å². The molecule has 0 bridgehead atoms. The van der Waals surface area contributed by atoms with Crippen LogP contribution in [0.1, 0.15) is 30.4 Å². The molecule has 0 N–H and O–H groups in total. The van der Waals surface area contributed by atoms with E-state index in [2.05, 4.69) is 72.6 Å². The molecular weight excluding hydrogens is 356 g/mol. The monoisotopic (exact) mass is 382 g/mol. The van der Waals surface area contributed by atoms with Gasteiger partial charge in [-0.2, -0.15) is 0 Å². The van der Waals surface area contributed by atoms with Gasteiger partial charge in [-0.1, -0.05) is 61.0 Å². The Morgan fingerprint density at radius 2 is 1.62 bits per heavy atom. The van der Waals surface area contributed by atoms with Gasteiger partial charge in [0, 0.05) is 18.3 Å². The number of rotatable bonds is 4. The lowest BCUT2D eigenvalue weighted by atomic mass is 9.96. The van der Waals surface area contributed by atoms with Crippen LogP contribution in [-0.2, 0) is 6.54 Å². The summed E-state index contributed by atoms with van der Waals surface area (Å²) in [4.78, 5) is 7.34. The van der Waals surface area contributed by atoms with Crippen molar-refractivity contribution in [3.63, 3.8) is 0 Å². The van der Waals surface area contributed by atoms with Crippen LogP contribution < -0.4 is 0 Å². The second-order valence-corrected chi connectivity index (χ2v) is 7.96. The Balaban J connectivity index is 1.48. The Morgan fingerprint density at radius 3 is 2.45 bits per heavy atom. The van der Waals surface area contributed by atoms with Gasteiger partial charge in [-0.3, -0.25) is 4.90 Å². The second-order valence-electron chi connectivity index (χ2n) is 7.96. The fraction of sp³-hybridized carbons (Fsp3) is 0.280. The summed E-state index contributed by atoms with van der Waals surface area (Å²) in [6.07, 6.45) is 6.12. The van der Waals surface area contributed by atoms with Crippen molar-refractivity contribution in [1.82, 2.24) is 19.5 Å². The number of pyridine rings is 1. The Hall–Kier alpha value is -2.98. The lowest BCUT2D eigenvalue weighted by molar-refractivity contribution is 0.220. The lowest BCUT2D eigenvalue weighted by Gasteiger charge is -2.26. The Kier molecular flexibility index (Phi) is 4.86. The summed E-state index contributed by atoms with van der Waals surface area (Å²) >= 11 is 0. The van der Waals surface area contributed by atoms with Gasteiger partial charge in [0.2, 0.25) is 0 Å². The minimum Gasteiger partial charge on any atom is -0.299 e. The van der Waals surface area contributed by atoms with Gasteiger partial charge in [0.25, 0.3) is 0 Å². The number of piperidine rings is 1. The average molecular weight is 383 g/mol. The number of fused-ring (bicyclic) bond motifs is 1. The fourth-order valence-corrected chi connectivity index (χ4v) is 4.32. The van der Waals surface area contributed by atoms with Crippen LogP contribution in [0.5, 0.6) is 0 Å². The first kappa shape index (κ1) is 18.1. The maximum Gasteiger partial charge on any atom is 0.182 e. The van der Waals surface area contributed by atoms with Gasteiger partial charge in [-0.15, -0.1) is 5.10 Å². The van der Waals surface area contributed by atoms with E-state index in [0.717, 1.165) is 23.6 Å². The zero-order valence-corrected chi connectivity index (χ0v) is 16.9. The molecule has 4 aromatic rings. The molecule has 4 nitrogen and oxygen atoms in total. The molecule has 2 aromatic carbocycles. The molecule has 0 radical (unpaired) electrons. The third-order valence-corrected chi connectivity index (χ3v) is 5.91. The highest BCUT2D eigenvalue weighted by Gasteiger charge is 2.14. The highest BCUT2D eigenvalue weighted by Crippen LogP contribution is 2.30. The molecule has 2 aromatic heterocycles. The van der Waals surface area contributed by atoms with Crippen molar-refractivity contribution in [2.75, 3.05) is 13.1 Å². The first-order valence-corrected chi connectivity index (χ1v) is 10.5. The van der Waals surface area contributed by atoms with Crippen molar-refractivity contribution in [1.29, 1.82) is 0 Å². The minimum absolute atomic E-state index is 0.787. The van der Waals surface area contributed by atoms with E-state index in [9.17, 15) is 0 Å². The van der Waals surface area contributed by atoms with Gasteiger partial charge in [-0.05, 0) is 61.2 Å². The summed E-state index contributed by atoms with van der Waals surface area (Å²) in [6.45, 7) is 5.55. The molecule has 1 aliphatic rings. The fourth-order valence-electron chi connectivity index (χ4n) is 4.32. The Labute approximate surface area is 171 Å². The summed E-state index contributed by atoms with van der Waals surface area (Å²) in [7, 11) is 0. The molecule has 0 saturated carbocycles. The van der Waals surface area contributed by atoms with E-state index in [1.54, 1.807) is 0 Å². The first-order valence-electron chi connectivity index (χ1n) is 10.5. The molecular formula is C25H26N4. The third kappa shape index (κ3) is 3.68. The molecule has 1 saturated heterocycles. The van der Waals surface area contributed by atoms with Gasteiger partial charge in [0.15, 0.2) is 11.5 Å². The normalized spacial score (nSPS) is 15.1. The van der Waals surface area contributed by atoms with Gasteiger partial charge < -0.3 is 0 Å². The lowest BCUT2D eigenvalue weighted by Crippen LogP contribution is -2.29. The van der Waals surface area contributed by atoms with Crippen LogP contribution in [0.15, 0.2) is 66.9 Å². The van der Waals surface area contributed by atoms with Crippen molar-refractivity contribution in [3.8, 4) is 22.5 Å². The maximum atomic E-state index is 4.82. The summed E-state index contributed by atoms with van der Waals surface area (Å²) in [5.41, 5.74) is 6.94. The molecule has 1 aliphatic heterocycles. The molecule has 4 heteroatoms. The minimum atomic E-state index is 0.787. The Bertz CT molecular complexity index is 1120. The van der Waals surface area contributed by atoms with E-state index in [1.165, 1.54) is 54.6 Å². The number of hydrogen-bond acceptors (Lipinski definition) is 3. The van der Waals surface area contributed by atoms with Gasteiger partial charge in [-0.25, -0.2) is 9.50 Å². The van der Waals surface area contributed by atoms with Crippen molar-refractivity contribution in [3.05, 3.63) is 78.0 Å². The van der Waals surface area contributed by atoms with Crippen molar-refractivity contribution < 1.29 is 0 Å². The summed E-state index contributed by atoms with van der Waals surface area (Å²) in [5.74, 6) is 0.787. The standard InChI is InChI=1S/C25H26N4/c1-19-22(21-9-4-2-5-10-21)11-8-12-23(19)25-26-24-14-13-20(18-29(24)27-25)17-28-15-6-3-7-16-28/h2,4-5,8-14,18H,3,6-7,15-17H2,1H3. The zero-order valence-electron chi connectivity index (χ0n) is 16.9. The van der Waals surface area contributed by atoms with E-state index >= 15 is 0 Å². The largest absolute Gasteiger partial charge is 0.299 e. The van der Waals surface area contributed by atoms with Crippen LogP contribution in [-0.4, -0.2) is 32.6 Å². The van der Waals surface area contributed by atoms with Crippen LogP contribution >= 0.6 is 0 Å². The van der Waals surface area contributed by atoms with Crippen LogP contribution in [0.4, 0.5) is 0 Å². The molecule has 0 unspecified atom stereocenters. The smallest absolute Gasteiger partial charge is 0.182 e. The molecule has 1 fully saturated rings. The van der Waals surface area contributed by atoms with Gasteiger partial charge >= 0.3 is 0 Å². The SMILES string of the molecule is Cc1c(-c2ccccc2)cccc1-c1nc2ccc(CN3CCCCC3)cn2n1. The molecule has 3 heterocycles. The average Bonchev–Trinajstić information content (AvgIpc) is 3.18. The van der Waals surface area contributed by atoms with E-state index in [1.807, 2.05) is 10.6 Å². The second kappa shape index (κ2) is 7.80. The maximum absolute atomic E-state index is 4.82. The highest BCUT2D eigenvalue weighted by atomic mass is 15.3. The number of likely N-dealkylation sites (tertiary alicyclic amines) is 1. The molecule has 0 aliphatic carbocycles. The molecule has 0 spiro atoms. The van der Waals surface area contributed by atoms with Crippen LogP contribution in [0, 0.1) is 6.92 Å². The van der Waals surface area contributed by atoms with Crippen molar-refractivity contribution >= 4 is 5.65 Å². The van der Waals surface area contributed by atoms with Gasteiger partial charge in [0.1, 0.15) is 0 Å². The van der Waals surface area contributed by atoms with Crippen LogP contribution in [0.25, 0.3) is 28.2 Å². The van der Waals surface area contributed by atoms with E-state index in [-0.39, 0.29) is 0 Å². The molecule has 146 valence electrons. The molecule has 0 atom stereocenters. The van der Waals surface area contributed by atoms with E-state index in [0.29, 0.717) is 0 Å². The quantitative estimate of drug-likeness (QED) is 0.476. The predicted octanol–water partition coefficient (Wildman–Crippen LogP) is 5.36. The Morgan fingerprint density at radius 1 is 0.828 bits per heavy atom. The summed E-state index contributed by atoms with van der Waals surface area (Å²) in [6, 6.07) is 21.2. The number of benzene rings is 2. The molecule has 0 amide bonds. The van der Waals surface area contributed by atoms with Crippen molar-refractivity contribution in [2.24, 2.45) is 0 Å². The number of hydrogen-bond donors (Lipinski definition) is 0. The summed E-state index contributed by atoms with van der Waals surface area (Å²) in [5, 5.41) is 4.82. The van der Waals surface area contributed by atoms with Gasteiger partial charge in [0.05, 0.1) is 0 Å². The topological polar surface area (TPSA) is 33.4 Å². The first-order chi connectivity index (χ1) is 14.3. The van der Waals surface area contributed by atoms with Crippen LogP contribution in [0.3, 0.4) is 0 Å². The third-order valence-electron chi connectivity index (χ3n) is 5.91. The zero-order chi connectivity index (χ0) is 19.6. The number of nitrogens with zero attached hydrogens (tertiary/aromatic N) is 4. The molecule has 29 heavy (non-hydrogen) atoms. The number of aromatic nitrogens is 3. The van der Waals surface area contributed by atoms with Crippen LogP contribution in [0.2, 0.25) is 0 Å². The predicted molar refractivity (Wildman–Crippen MR) is 118 cm³/mol. The summed E-state index contributed by atoms with van der Waals surface area (Å²) < 4.78 is 1.93. The van der Waals surface area contributed by atoms with E-state index in [4.69, 9.17) is 10.1 Å². The molecule has 5 rings (SSSR count).